The van der Waals surface area contributed by atoms with E-state index in [4.69, 9.17) is 4.74 Å². The van der Waals surface area contributed by atoms with Crippen molar-refractivity contribution < 1.29 is 14.3 Å². The van der Waals surface area contributed by atoms with E-state index < -0.39 is 5.92 Å². The van der Waals surface area contributed by atoms with Crippen molar-refractivity contribution in [1.29, 1.82) is 0 Å². The maximum absolute atomic E-state index is 12.5. The fraction of sp³-hybridized carbons (Fsp3) is 0.222. The van der Waals surface area contributed by atoms with Crippen molar-refractivity contribution in [2.45, 2.75) is 13.3 Å². The van der Waals surface area contributed by atoms with Gasteiger partial charge in [0.1, 0.15) is 5.75 Å². The summed E-state index contributed by atoms with van der Waals surface area (Å²) in [5.41, 5.74) is 1.11. The topological polar surface area (TPSA) is 43.4 Å². The molecule has 0 radical (unpaired) electrons. The number of hydrogen-bond acceptors (Lipinski definition) is 3. The van der Waals surface area contributed by atoms with Crippen LogP contribution in [0.3, 0.4) is 0 Å². The molecule has 0 spiro atoms. The summed E-state index contributed by atoms with van der Waals surface area (Å²) in [5.74, 6) is -0.220. The minimum absolute atomic E-state index is 0.126. The van der Waals surface area contributed by atoms with Crippen LogP contribution in [-0.4, -0.2) is 18.7 Å². The Balaban J connectivity index is 2.23. The average molecular weight is 282 g/mol. The second-order valence-corrected chi connectivity index (χ2v) is 4.78. The predicted molar refractivity (Wildman–Crippen MR) is 81.9 cm³/mol. The molecule has 2 aromatic carbocycles. The van der Waals surface area contributed by atoms with Crippen molar-refractivity contribution in [3.05, 3.63) is 65.7 Å². The molecule has 0 heterocycles. The number of benzene rings is 2. The molecule has 3 nitrogen and oxygen atoms in total. The maximum Gasteiger partial charge on any atom is 0.173 e. The second kappa shape index (κ2) is 6.84. The molecule has 0 saturated carbocycles. The number of hydrogen-bond donors (Lipinski definition) is 0. The van der Waals surface area contributed by atoms with Crippen LogP contribution in [0.5, 0.6) is 5.75 Å². The van der Waals surface area contributed by atoms with E-state index in [0.717, 1.165) is 0 Å². The number of ketones is 2. The largest absolute Gasteiger partial charge is 0.497 e. The van der Waals surface area contributed by atoms with E-state index in [2.05, 4.69) is 0 Å². The fourth-order valence-electron chi connectivity index (χ4n) is 2.25. The smallest absolute Gasteiger partial charge is 0.173 e. The molecule has 1 atom stereocenters. The summed E-state index contributed by atoms with van der Waals surface area (Å²) in [7, 11) is 1.57. The average Bonchev–Trinajstić information content (AvgIpc) is 2.56. The molecule has 0 fully saturated rings. The first-order valence-electron chi connectivity index (χ1n) is 6.95. The first-order chi connectivity index (χ1) is 10.2. The van der Waals surface area contributed by atoms with Gasteiger partial charge in [0.05, 0.1) is 13.0 Å². The first-order valence-corrected chi connectivity index (χ1v) is 6.95. The number of carbonyl (C=O) groups is 2. The van der Waals surface area contributed by atoms with Crippen LogP contribution in [-0.2, 0) is 0 Å². The fourth-order valence-corrected chi connectivity index (χ4v) is 2.25. The van der Waals surface area contributed by atoms with E-state index in [1.807, 2.05) is 13.0 Å². The number of ether oxygens (including phenoxy) is 1. The highest BCUT2D eigenvalue weighted by molar-refractivity contribution is 6.16. The highest BCUT2D eigenvalue weighted by Crippen LogP contribution is 2.20. The highest BCUT2D eigenvalue weighted by Gasteiger charge is 2.26. The molecule has 0 aliphatic carbocycles. The third-order valence-electron chi connectivity index (χ3n) is 3.47. The van der Waals surface area contributed by atoms with Gasteiger partial charge in [0, 0.05) is 11.1 Å². The van der Waals surface area contributed by atoms with Crippen molar-refractivity contribution in [3.63, 3.8) is 0 Å². The predicted octanol–water partition coefficient (Wildman–Crippen LogP) is 3.79. The van der Waals surface area contributed by atoms with Crippen molar-refractivity contribution >= 4 is 11.6 Å². The number of Topliss-reactive ketones (excluding diaryl/α,β-unsaturated/α-hetero) is 2. The molecule has 2 aromatic rings. The molecule has 108 valence electrons. The second-order valence-electron chi connectivity index (χ2n) is 4.78. The number of methoxy groups -OCH3 is 1. The van der Waals surface area contributed by atoms with Gasteiger partial charge >= 0.3 is 0 Å². The van der Waals surface area contributed by atoms with Gasteiger partial charge in [-0.05, 0) is 30.7 Å². The Morgan fingerprint density at radius 1 is 0.905 bits per heavy atom. The van der Waals surface area contributed by atoms with Gasteiger partial charge in [-0.3, -0.25) is 9.59 Å². The number of rotatable bonds is 6. The van der Waals surface area contributed by atoms with Crippen LogP contribution < -0.4 is 4.74 Å². The molecular formula is C18H18O3. The molecule has 2 rings (SSSR count). The summed E-state index contributed by atoms with van der Waals surface area (Å²) < 4.78 is 5.07. The molecular weight excluding hydrogens is 264 g/mol. The number of carbonyl (C=O) groups excluding carboxylic acids is 2. The molecule has 0 saturated heterocycles. The van der Waals surface area contributed by atoms with Gasteiger partial charge in [-0.2, -0.15) is 0 Å². The molecule has 0 N–H and O–H groups in total. The normalized spacial score (nSPS) is 11.7. The summed E-state index contributed by atoms with van der Waals surface area (Å²) in [6.07, 6.45) is 0.485. The van der Waals surface area contributed by atoms with Gasteiger partial charge in [-0.1, -0.05) is 37.3 Å². The van der Waals surface area contributed by atoms with Crippen molar-refractivity contribution in [3.8, 4) is 5.75 Å². The molecule has 0 amide bonds. The molecule has 3 heteroatoms. The lowest BCUT2D eigenvalue weighted by atomic mass is 9.88. The first kappa shape index (κ1) is 15.0. The molecule has 0 aliphatic rings. The summed E-state index contributed by atoms with van der Waals surface area (Å²) >= 11 is 0. The van der Waals surface area contributed by atoms with E-state index in [-0.39, 0.29) is 11.6 Å². The van der Waals surface area contributed by atoms with Crippen LogP contribution in [0.25, 0.3) is 0 Å². The Labute approximate surface area is 124 Å². The highest BCUT2D eigenvalue weighted by atomic mass is 16.5. The zero-order valence-corrected chi connectivity index (χ0v) is 12.2. The summed E-state index contributed by atoms with van der Waals surface area (Å²) in [5, 5.41) is 0. The molecule has 0 aromatic heterocycles. The van der Waals surface area contributed by atoms with Gasteiger partial charge in [0.25, 0.3) is 0 Å². The van der Waals surface area contributed by atoms with Crippen LogP contribution in [0.2, 0.25) is 0 Å². The minimum Gasteiger partial charge on any atom is -0.497 e. The van der Waals surface area contributed by atoms with Crippen molar-refractivity contribution in [2.75, 3.05) is 7.11 Å². The lowest BCUT2D eigenvalue weighted by Crippen LogP contribution is -2.23. The standard InChI is InChI=1S/C18H18O3/c1-3-16(17(19)13-7-5-4-6-8-13)18(20)14-9-11-15(21-2)12-10-14/h4-12,16H,3H2,1-2H3. The lowest BCUT2D eigenvalue weighted by molar-refractivity contribution is 0.0804. The Morgan fingerprint density at radius 2 is 1.43 bits per heavy atom. The van der Waals surface area contributed by atoms with Crippen molar-refractivity contribution in [2.24, 2.45) is 5.92 Å². The zero-order valence-electron chi connectivity index (χ0n) is 12.2. The van der Waals surface area contributed by atoms with Gasteiger partial charge in [-0.25, -0.2) is 0 Å². The van der Waals surface area contributed by atoms with E-state index in [1.165, 1.54) is 0 Å². The summed E-state index contributed by atoms with van der Waals surface area (Å²) in [6.45, 7) is 1.85. The van der Waals surface area contributed by atoms with Crippen LogP contribution in [0.1, 0.15) is 34.1 Å². The van der Waals surface area contributed by atoms with E-state index in [9.17, 15) is 9.59 Å². The van der Waals surface area contributed by atoms with E-state index in [0.29, 0.717) is 23.3 Å². The molecule has 21 heavy (non-hydrogen) atoms. The lowest BCUT2D eigenvalue weighted by Gasteiger charge is -2.13. The summed E-state index contributed by atoms with van der Waals surface area (Å²) in [6, 6.07) is 15.8. The van der Waals surface area contributed by atoms with Crippen LogP contribution in [0.15, 0.2) is 54.6 Å². The molecule has 1 unspecified atom stereocenters. The minimum atomic E-state index is -0.638. The Hall–Kier alpha value is -2.42. The SMILES string of the molecule is CCC(C(=O)c1ccccc1)C(=O)c1ccc(OC)cc1. The van der Waals surface area contributed by atoms with Gasteiger partial charge in [0.15, 0.2) is 11.6 Å². The van der Waals surface area contributed by atoms with E-state index in [1.54, 1.807) is 55.6 Å². The van der Waals surface area contributed by atoms with Crippen LogP contribution in [0.4, 0.5) is 0 Å². The molecule has 0 bridgehead atoms. The maximum atomic E-state index is 12.5. The van der Waals surface area contributed by atoms with Gasteiger partial charge in [0.2, 0.25) is 0 Å². The summed E-state index contributed by atoms with van der Waals surface area (Å²) in [4.78, 5) is 25.0. The third kappa shape index (κ3) is 3.37. The third-order valence-corrected chi connectivity index (χ3v) is 3.47. The van der Waals surface area contributed by atoms with E-state index >= 15 is 0 Å². The Bertz CT molecular complexity index is 615. The van der Waals surface area contributed by atoms with Crippen LogP contribution >= 0.6 is 0 Å². The quantitative estimate of drug-likeness (QED) is 0.598. The Kier molecular flexibility index (Phi) is 4.88. The molecule has 0 aliphatic heterocycles. The van der Waals surface area contributed by atoms with Gasteiger partial charge < -0.3 is 4.74 Å². The monoisotopic (exact) mass is 282 g/mol. The van der Waals surface area contributed by atoms with Crippen LogP contribution in [0, 0.1) is 5.92 Å². The van der Waals surface area contributed by atoms with Crippen molar-refractivity contribution in [1.82, 2.24) is 0 Å². The van der Waals surface area contributed by atoms with Gasteiger partial charge in [-0.15, -0.1) is 0 Å². The Morgan fingerprint density at radius 3 is 1.90 bits per heavy atom. The zero-order chi connectivity index (χ0) is 15.2.